The summed E-state index contributed by atoms with van der Waals surface area (Å²) >= 11 is 6.06. The summed E-state index contributed by atoms with van der Waals surface area (Å²) in [5.74, 6) is 0.0420. The highest BCUT2D eigenvalue weighted by atomic mass is 35.5. The van der Waals surface area contributed by atoms with E-state index in [1.807, 2.05) is 26.0 Å². The Balaban J connectivity index is 2.32. The molecule has 0 radical (unpaired) electrons. The van der Waals surface area contributed by atoms with Crippen LogP contribution in [0.25, 0.3) is 11.0 Å². The number of amides is 1. The van der Waals surface area contributed by atoms with Crippen molar-refractivity contribution in [2.24, 2.45) is 0 Å². The molecule has 1 N–H and O–H groups in total. The number of hydrogen-bond acceptors (Lipinski definition) is 3. The number of methoxy groups -OCH3 is 1. The summed E-state index contributed by atoms with van der Waals surface area (Å²) in [6, 6.07) is 5.38. The Morgan fingerprint density at radius 2 is 2.26 bits per heavy atom. The molecule has 0 aliphatic heterocycles. The lowest BCUT2D eigenvalue weighted by atomic mass is 10.1. The van der Waals surface area contributed by atoms with Crippen molar-refractivity contribution >= 4 is 28.5 Å². The molecule has 4 nitrogen and oxygen atoms in total. The van der Waals surface area contributed by atoms with Crippen molar-refractivity contribution in [2.75, 3.05) is 13.7 Å². The molecule has 5 heteroatoms. The number of benzene rings is 1. The average molecular weight is 282 g/mol. The minimum absolute atomic E-state index is 0.0828. The van der Waals surface area contributed by atoms with Gasteiger partial charge in [-0.15, -0.1) is 0 Å². The molecule has 1 aromatic carbocycles. The van der Waals surface area contributed by atoms with E-state index >= 15 is 0 Å². The number of halogens is 1. The lowest BCUT2D eigenvalue weighted by Gasteiger charge is -2.11. The molecule has 1 heterocycles. The van der Waals surface area contributed by atoms with Gasteiger partial charge in [0.05, 0.1) is 11.6 Å². The number of nitrogens with one attached hydrogen (secondary N) is 1. The third-order valence-electron chi connectivity index (χ3n) is 2.92. The Morgan fingerprint density at radius 1 is 1.53 bits per heavy atom. The van der Waals surface area contributed by atoms with E-state index in [9.17, 15) is 4.79 Å². The molecule has 0 aliphatic carbocycles. The first kappa shape index (κ1) is 13.9. The number of fused-ring (bicyclic) bond motifs is 1. The third kappa shape index (κ3) is 2.74. The quantitative estimate of drug-likeness (QED) is 0.936. The maximum absolute atomic E-state index is 12.1. The van der Waals surface area contributed by atoms with Crippen molar-refractivity contribution in [1.29, 1.82) is 0 Å². The van der Waals surface area contributed by atoms with Crippen molar-refractivity contribution in [3.63, 3.8) is 0 Å². The monoisotopic (exact) mass is 281 g/mol. The maximum Gasteiger partial charge on any atom is 0.287 e. The Labute approximate surface area is 116 Å². The number of aryl methyl sites for hydroxylation is 1. The highest BCUT2D eigenvalue weighted by Gasteiger charge is 2.20. The molecule has 19 heavy (non-hydrogen) atoms. The second-order valence-electron chi connectivity index (χ2n) is 4.50. The Hall–Kier alpha value is -1.52. The van der Waals surface area contributed by atoms with Gasteiger partial charge in [-0.3, -0.25) is 4.79 Å². The standard InChI is InChI=1S/C14H16ClNO3/c1-8(7-18-3)16-14(17)12-9(2)10-5-4-6-11(15)13(10)19-12/h4-6,8H,7H2,1-3H3,(H,16,17). The number of furan rings is 1. The summed E-state index contributed by atoms with van der Waals surface area (Å²) in [6.45, 7) is 4.16. The molecule has 2 aromatic rings. The fourth-order valence-electron chi connectivity index (χ4n) is 2.01. The van der Waals surface area contributed by atoms with E-state index < -0.39 is 0 Å². The molecular formula is C14H16ClNO3. The van der Waals surface area contributed by atoms with Crippen LogP contribution in [0.3, 0.4) is 0 Å². The van der Waals surface area contributed by atoms with Gasteiger partial charge in [-0.1, -0.05) is 23.7 Å². The molecule has 1 aromatic heterocycles. The van der Waals surface area contributed by atoms with Crippen LogP contribution >= 0.6 is 11.6 Å². The van der Waals surface area contributed by atoms with Crippen LogP contribution in [0.1, 0.15) is 23.0 Å². The number of hydrogen-bond donors (Lipinski definition) is 1. The van der Waals surface area contributed by atoms with Crippen LogP contribution in [0.2, 0.25) is 5.02 Å². The number of carbonyl (C=O) groups excluding carboxylic acids is 1. The van der Waals surface area contributed by atoms with Gasteiger partial charge in [0.25, 0.3) is 5.91 Å². The molecule has 1 amide bonds. The Bertz CT molecular complexity index is 606. The molecule has 0 bridgehead atoms. The fourth-order valence-corrected chi connectivity index (χ4v) is 2.22. The summed E-state index contributed by atoms with van der Waals surface area (Å²) in [5.41, 5.74) is 1.34. The van der Waals surface area contributed by atoms with Gasteiger partial charge in [-0.25, -0.2) is 0 Å². The van der Waals surface area contributed by atoms with E-state index in [1.165, 1.54) is 0 Å². The van der Waals surface area contributed by atoms with Crippen LogP contribution in [-0.4, -0.2) is 25.7 Å². The van der Waals surface area contributed by atoms with Crippen LogP contribution in [0, 0.1) is 6.92 Å². The minimum Gasteiger partial charge on any atom is -0.449 e. The number of ether oxygens (including phenoxy) is 1. The zero-order valence-electron chi connectivity index (χ0n) is 11.1. The summed E-state index contributed by atoms with van der Waals surface area (Å²) in [5, 5.41) is 4.18. The highest BCUT2D eigenvalue weighted by Crippen LogP contribution is 2.30. The molecule has 0 fully saturated rings. The van der Waals surface area contributed by atoms with E-state index in [2.05, 4.69) is 5.32 Å². The van der Waals surface area contributed by atoms with E-state index in [1.54, 1.807) is 13.2 Å². The van der Waals surface area contributed by atoms with Crippen molar-refractivity contribution in [1.82, 2.24) is 5.32 Å². The van der Waals surface area contributed by atoms with Gasteiger partial charge < -0.3 is 14.5 Å². The average Bonchev–Trinajstić information content (AvgIpc) is 2.69. The van der Waals surface area contributed by atoms with Gasteiger partial charge in [0, 0.05) is 24.1 Å². The van der Waals surface area contributed by atoms with Gasteiger partial charge in [-0.2, -0.15) is 0 Å². The first-order valence-electron chi connectivity index (χ1n) is 6.02. The molecule has 1 atom stereocenters. The highest BCUT2D eigenvalue weighted by molar-refractivity contribution is 6.35. The van der Waals surface area contributed by atoms with Crippen LogP contribution in [0.5, 0.6) is 0 Å². The van der Waals surface area contributed by atoms with Gasteiger partial charge in [-0.05, 0) is 19.9 Å². The zero-order chi connectivity index (χ0) is 14.0. The molecule has 1 unspecified atom stereocenters. The molecule has 0 spiro atoms. The summed E-state index contributed by atoms with van der Waals surface area (Å²) in [6.07, 6.45) is 0. The first-order valence-corrected chi connectivity index (χ1v) is 6.39. The lowest BCUT2D eigenvalue weighted by molar-refractivity contribution is 0.0879. The molecule has 0 saturated heterocycles. The maximum atomic E-state index is 12.1. The van der Waals surface area contributed by atoms with Gasteiger partial charge in [0.15, 0.2) is 11.3 Å². The third-order valence-corrected chi connectivity index (χ3v) is 3.21. The normalized spacial score (nSPS) is 12.6. The second-order valence-corrected chi connectivity index (χ2v) is 4.91. The second kappa shape index (κ2) is 5.63. The number of rotatable bonds is 4. The minimum atomic E-state index is -0.255. The van der Waals surface area contributed by atoms with Crippen LogP contribution in [-0.2, 0) is 4.74 Å². The summed E-state index contributed by atoms with van der Waals surface area (Å²) in [4.78, 5) is 12.1. The van der Waals surface area contributed by atoms with E-state index in [-0.39, 0.29) is 11.9 Å². The smallest absolute Gasteiger partial charge is 0.287 e. The molecular weight excluding hydrogens is 266 g/mol. The van der Waals surface area contributed by atoms with Crippen molar-refractivity contribution in [3.05, 3.63) is 34.5 Å². The zero-order valence-corrected chi connectivity index (χ0v) is 11.9. The van der Waals surface area contributed by atoms with Gasteiger partial charge in [0.1, 0.15) is 0 Å². The number of para-hydroxylation sites is 1. The molecule has 0 saturated carbocycles. The van der Waals surface area contributed by atoms with Gasteiger partial charge >= 0.3 is 0 Å². The SMILES string of the molecule is COCC(C)NC(=O)c1oc2c(Cl)cccc2c1C. The molecule has 102 valence electrons. The Kier molecular flexibility index (Phi) is 4.12. The van der Waals surface area contributed by atoms with Crippen molar-refractivity contribution in [3.8, 4) is 0 Å². The van der Waals surface area contributed by atoms with Crippen LogP contribution < -0.4 is 5.32 Å². The van der Waals surface area contributed by atoms with E-state index in [4.69, 9.17) is 20.8 Å². The predicted molar refractivity (Wildman–Crippen MR) is 74.8 cm³/mol. The van der Waals surface area contributed by atoms with E-state index in [0.717, 1.165) is 10.9 Å². The number of carbonyl (C=O) groups is 1. The first-order chi connectivity index (χ1) is 9.04. The topological polar surface area (TPSA) is 51.5 Å². The summed E-state index contributed by atoms with van der Waals surface area (Å²) in [7, 11) is 1.59. The van der Waals surface area contributed by atoms with Crippen LogP contribution in [0.4, 0.5) is 0 Å². The largest absolute Gasteiger partial charge is 0.449 e. The van der Waals surface area contributed by atoms with Crippen molar-refractivity contribution in [2.45, 2.75) is 19.9 Å². The van der Waals surface area contributed by atoms with Crippen molar-refractivity contribution < 1.29 is 13.9 Å². The Morgan fingerprint density at radius 3 is 2.89 bits per heavy atom. The molecule has 0 aliphatic rings. The predicted octanol–water partition coefficient (Wildman–Crippen LogP) is 3.16. The van der Waals surface area contributed by atoms with Crippen LogP contribution in [0.15, 0.2) is 22.6 Å². The summed E-state index contributed by atoms with van der Waals surface area (Å²) < 4.78 is 10.6. The lowest BCUT2D eigenvalue weighted by Crippen LogP contribution is -2.35. The van der Waals surface area contributed by atoms with Gasteiger partial charge in [0.2, 0.25) is 0 Å². The molecule has 2 rings (SSSR count). The van der Waals surface area contributed by atoms with E-state index in [0.29, 0.717) is 23.0 Å². The fraction of sp³-hybridized carbons (Fsp3) is 0.357.